The van der Waals surface area contributed by atoms with Crippen molar-refractivity contribution in [3.05, 3.63) is 54.1 Å². The molecule has 7 nitrogen and oxygen atoms in total. The van der Waals surface area contributed by atoms with Crippen molar-refractivity contribution in [2.75, 3.05) is 44.2 Å². The topological polar surface area (TPSA) is 90.9 Å². The number of carboxylic acids is 1. The molecule has 2 fully saturated rings. The number of nitrogens with zero attached hydrogens (tertiary/aromatic N) is 1. The van der Waals surface area contributed by atoms with E-state index in [4.69, 9.17) is 14.6 Å². The number of aliphatic carboxylic acids is 1. The number of rotatable bonds is 5. The van der Waals surface area contributed by atoms with Crippen molar-refractivity contribution < 1.29 is 19.4 Å². The fourth-order valence-corrected chi connectivity index (χ4v) is 3.90. The second-order valence-corrected chi connectivity index (χ2v) is 8.08. The molecule has 0 aromatic heterocycles. The molecule has 4 rings (SSSR count). The Labute approximate surface area is 189 Å². The largest absolute Gasteiger partial charge is 0.481 e. The molecule has 0 saturated carbocycles. The van der Waals surface area contributed by atoms with E-state index in [2.05, 4.69) is 39.8 Å². The highest BCUT2D eigenvalue weighted by Crippen LogP contribution is 2.25. The first-order valence-electron chi connectivity index (χ1n) is 11.3. The van der Waals surface area contributed by atoms with Crippen molar-refractivity contribution in [3.8, 4) is 11.1 Å². The van der Waals surface area contributed by atoms with E-state index in [0.29, 0.717) is 12.1 Å². The minimum Gasteiger partial charge on any atom is -0.481 e. The van der Waals surface area contributed by atoms with Gasteiger partial charge in [-0.3, -0.25) is 9.59 Å². The number of hydrogen-bond donors (Lipinski definition) is 3. The Morgan fingerprint density at radius 1 is 1.09 bits per heavy atom. The van der Waals surface area contributed by atoms with E-state index >= 15 is 0 Å². The molecule has 172 valence electrons. The molecule has 0 radical (unpaired) electrons. The molecule has 2 aliphatic heterocycles. The molecule has 1 atom stereocenters. The minimum absolute atomic E-state index is 0.0321. The molecule has 2 aromatic carbocycles. The van der Waals surface area contributed by atoms with Crippen LogP contribution in [0.2, 0.25) is 0 Å². The van der Waals surface area contributed by atoms with Crippen molar-refractivity contribution in [3.63, 3.8) is 0 Å². The SMILES string of the molecule is CC(=O)O.O=C(NCC1CCCCO1)c1ccc(-c2cccc(N3CCNCC3)c2)cc1. The summed E-state index contributed by atoms with van der Waals surface area (Å²) in [5.41, 5.74) is 4.26. The summed E-state index contributed by atoms with van der Waals surface area (Å²) in [6.45, 7) is 6.61. The zero-order valence-electron chi connectivity index (χ0n) is 18.7. The lowest BCUT2D eigenvalue weighted by molar-refractivity contribution is -0.134. The van der Waals surface area contributed by atoms with Crippen LogP contribution in [0, 0.1) is 0 Å². The van der Waals surface area contributed by atoms with Crippen molar-refractivity contribution in [1.29, 1.82) is 0 Å². The van der Waals surface area contributed by atoms with Gasteiger partial charge in [-0.15, -0.1) is 0 Å². The molecule has 32 heavy (non-hydrogen) atoms. The Morgan fingerprint density at radius 2 is 1.81 bits per heavy atom. The molecule has 2 aliphatic rings. The highest BCUT2D eigenvalue weighted by Gasteiger charge is 2.15. The maximum atomic E-state index is 12.4. The van der Waals surface area contributed by atoms with Crippen LogP contribution < -0.4 is 15.5 Å². The Morgan fingerprint density at radius 3 is 2.47 bits per heavy atom. The molecule has 2 aromatic rings. The third kappa shape index (κ3) is 7.35. The molecule has 0 bridgehead atoms. The average molecular weight is 440 g/mol. The standard InChI is InChI=1S/C23H29N3O2.C2H4O2/c27-23(25-17-22-6-1-2-15-28-22)19-9-7-18(8-10-19)20-4-3-5-21(16-20)26-13-11-24-12-14-26;1-2(3)4/h3-5,7-10,16,22,24H,1-2,6,11-15,17H2,(H,25,27);1H3,(H,3,4). The lowest BCUT2D eigenvalue weighted by atomic mass is 10.0. The predicted molar refractivity (Wildman–Crippen MR) is 126 cm³/mol. The quantitative estimate of drug-likeness (QED) is 0.663. The molecule has 7 heteroatoms. The third-order valence-corrected chi connectivity index (χ3v) is 5.57. The molecule has 0 aliphatic carbocycles. The summed E-state index contributed by atoms with van der Waals surface area (Å²) >= 11 is 0. The van der Waals surface area contributed by atoms with E-state index in [9.17, 15) is 4.79 Å². The second-order valence-electron chi connectivity index (χ2n) is 8.08. The van der Waals surface area contributed by atoms with Gasteiger partial charge in [0.1, 0.15) is 0 Å². The summed E-state index contributed by atoms with van der Waals surface area (Å²) in [4.78, 5) is 23.8. The van der Waals surface area contributed by atoms with Crippen LogP contribution in [0.15, 0.2) is 48.5 Å². The number of carbonyl (C=O) groups excluding carboxylic acids is 1. The number of benzene rings is 2. The van der Waals surface area contributed by atoms with Gasteiger partial charge in [0.05, 0.1) is 6.10 Å². The van der Waals surface area contributed by atoms with Gasteiger partial charge >= 0.3 is 0 Å². The van der Waals surface area contributed by atoms with Crippen LogP contribution in [0.3, 0.4) is 0 Å². The molecule has 2 heterocycles. The number of amides is 1. The first kappa shape index (κ1) is 23.8. The summed E-state index contributed by atoms with van der Waals surface area (Å²) in [7, 11) is 0. The van der Waals surface area contributed by atoms with Gasteiger partial charge in [-0.05, 0) is 54.7 Å². The average Bonchev–Trinajstić information content (AvgIpc) is 2.83. The normalized spacial score (nSPS) is 18.3. The van der Waals surface area contributed by atoms with Crippen LogP contribution >= 0.6 is 0 Å². The number of carbonyl (C=O) groups is 2. The van der Waals surface area contributed by atoms with E-state index in [1.807, 2.05) is 24.3 Å². The first-order chi connectivity index (χ1) is 15.5. The van der Waals surface area contributed by atoms with Gasteiger partial charge < -0.3 is 25.4 Å². The van der Waals surface area contributed by atoms with Crippen LogP contribution in [0.4, 0.5) is 5.69 Å². The van der Waals surface area contributed by atoms with Gasteiger partial charge in [-0.25, -0.2) is 0 Å². The maximum absolute atomic E-state index is 12.4. The Kier molecular flexibility index (Phi) is 9.07. The van der Waals surface area contributed by atoms with E-state index in [1.54, 1.807) is 0 Å². The summed E-state index contributed by atoms with van der Waals surface area (Å²) in [5.74, 6) is -0.865. The molecule has 1 amide bonds. The van der Waals surface area contributed by atoms with Gasteiger partial charge in [0, 0.05) is 57.5 Å². The van der Waals surface area contributed by atoms with E-state index < -0.39 is 5.97 Å². The summed E-state index contributed by atoms with van der Waals surface area (Å²) in [5, 5.41) is 13.8. The molecule has 1 unspecified atom stereocenters. The lowest BCUT2D eigenvalue weighted by Gasteiger charge is -2.29. The van der Waals surface area contributed by atoms with Gasteiger partial charge in [0.15, 0.2) is 0 Å². The van der Waals surface area contributed by atoms with Crippen molar-refractivity contribution >= 4 is 17.6 Å². The number of nitrogens with one attached hydrogen (secondary N) is 2. The first-order valence-corrected chi connectivity index (χ1v) is 11.3. The zero-order chi connectivity index (χ0) is 22.8. The van der Waals surface area contributed by atoms with Crippen molar-refractivity contribution in [1.82, 2.24) is 10.6 Å². The van der Waals surface area contributed by atoms with Crippen molar-refractivity contribution in [2.24, 2.45) is 0 Å². The van der Waals surface area contributed by atoms with Crippen LogP contribution in [0.5, 0.6) is 0 Å². The Hall–Kier alpha value is -2.90. The smallest absolute Gasteiger partial charge is 0.300 e. The Balaban J connectivity index is 0.000000668. The van der Waals surface area contributed by atoms with Crippen molar-refractivity contribution in [2.45, 2.75) is 32.3 Å². The number of hydrogen-bond acceptors (Lipinski definition) is 5. The fourth-order valence-electron chi connectivity index (χ4n) is 3.90. The fraction of sp³-hybridized carbons (Fsp3) is 0.440. The number of ether oxygens (including phenoxy) is 1. The van der Waals surface area contributed by atoms with Crippen LogP contribution in [-0.2, 0) is 9.53 Å². The number of piperazine rings is 1. The number of carboxylic acid groups (broad SMARTS) is 1. The highest BCUT2D eigenvalue weighted by atomic mass is 16.5. The zero-order valence-corrected chi connectivity index (χ0v) is 18.7. The van der Waals surface area contributed by atoms with E-state index in [0.717, 1.165) is 58.1 Å². The number of anilines is 1. The Bertz CT molecular complexity index is 869. The highest BCUT2D eigenvalue weighted by molar-refractivity contribution is 5.94. The summed E-state index contributed by atoms with van der Waals surface area (Å²) < 4.78 is 5.68. The molecular weight excluding hydrogens is 406 g/mol. The van der Waals surface area contributed by atoms with Crippen LogP contribution in [0.1, 0.15) is 36.5 Å². The molecular formula is C25H33N3O4. The van der Waals surface area contributed by atoms with Crippen LogP contribution in [-0.4, -0.2) is 62.4 Å². The van der Waals surface area contributed by atoms with Gasteiger partial charge in [-0.1, -0.05) is 24.3 Å². The second kappa shape index (κ2) is 12.2. The van der Waals surface area contributed by atoms with Gasteiger partial charge in [0.2, 0.25) is 0 Å². The van der Waals surface area contributed by atoms with E-state index in [-0.39, 0.29) is 12.0 Å². The molecule has 2 saturated heterocycles. The minimum atomic E-state index is -0.833. The summed E-state index contributed by atoms with van der Waals surface area (Å²) in [6, 6.07) is 16.5. The van der Waals surface area contributed by atoms with Gasteiger partial charge in [-0.2, -0.15) is 0 Å². The maximum Gasteiger partial charge on any atom is 0.300 e. The molecule has 0 spiro atoms. The lowest BCUT2D eigenvalue weighted by Crippen LogP contribution is -2.43. The van der Waals surface area contributed by atoms with Crippen LogP contribution in [0.25, 0.3) is 11.1 Å². The third-order valence-electron chi connectivity index (χ3n) is 5.57. The predicted octanol–water partition coefficient (Wildman–Crippen LogP) is 3.15. The van der Waals surface area contributed by atoms with E-state index in [1.165, 1.54) is 17.7 Å². The van der Waals surface area contributed by atoms with Gasteiger partial charge in [0.25, 0.3) is 11.9 Å². The summed E-state index contributed by atoms with van der Waals surface area (Å²) in [6.07, 6.45) is 3.50. The monoisotopic (exact) mass is 439 g/mol. The molecule has 3 N–H and O–H groups in total.